The number of carbonyl (C=O) groups excluding carboxylic acids is 1. The second-order valence-electron chi connectivity index (χ2n) is 5.03. The zero-order valence-corrected chi connectivity index (χ0v) is 13.6. The third-order valence-electron chi connectivity index (χ3n) is 3.38. The van der Waals surface area contributed by atoms with E-state index in [0.717, 1.165) is 15.6 Å². The molecule has 2 aromatic carbocycles. The second kappa shape index (κ2) is 8.08. The Labute approximate surface area is 138 Å². The zero-order chi connectivity index (χ0) is 15.8. The van der Waals surface area contributed by atoms with Gasteiger partial charge in [-0.1, -0.05) is 58.4 Å². The molecule has 1 heterocycles. The fourth-order valence-corrected chi connectivity index (χ4v) is 2.29. The van der Waals surface area contributed by atoms with E-state index in [9.17, 15) is 9.90 Å². The molecule has 0 radical (unpaired) electrons. The highest BCUT2D eigenvalue weighted by Gasteiger charge is 2.35. The van der Waals surface area contributed by atoms with Crippen LogP contribution in [0.4, 0.5) is 0 Å². The second-order valence-corrected chi connectivity index (χ2v) is 5.95. The molecule has 1 aliphatic heterocycles. The van der Waals surface area contributed by atoms with E-state index in [0.29, 0.717) is 26.2 Å². The van der Waals surface area contributed by atoms with Crippen LogP contribution in [0.15, 0.2) is 59.1 Å². The minimum Gasteiger partial charge on any atom is -0.463 e. The minimum atomic E-state index is -0.624. The fraction of sp³-hybridized carbons (Fsp3) is 0.235. The number of halogens is 1. The average Bonchev–Trinajstić information content (AvgIpc) is 2.53. The molecule has 0 aliphatic carbocycles. The first-order chi connectivity index (χ1) is 10.6. The van der Waals surface area contributed by atoms with E-state index in [1.807, 2.05) is 54.6 Å². The molecule has 0 amide bonds. The molecular weight excluding hydrogens is 346 g/mol. The van der Waals surface area contributed by atoms with Crippen LogP contribution in [-0.4, -0.2) is 24.7 Å². The van der Waals surface area contributed by atoms with Gasteiger partial charge in [-0.25, -0.2) is 0 Å². The first kappa shape index (κ1) is 16.7. The number of rotatable bonds is 4. The molecule has 0 aromatic heterocycles. The summed E-state index contributed by atoms with van der Waals surface area (Å²) in [4.78, 5) is 9.76. The van der Waals surface area contributed by atoms with E-state index in [2.05, 4.69) is 26.0 Å². The van der Waals surface area contributed by atoms with Crippen molar-refractivity contribution in [2.24, 2.45) is 0 Å². The third kappa shape index (κ3) is 4.66. The summed E-state index contributed by atoms with van der Waals surface area (Å²) < 4.78 is 5.58. The summed E-state index contributed by atoms with van der Waals surface area (Å²) in [7, 11) is 0. The molecule has 0 bridgehead atoms. The van der Waals surface area contributed by atoms with Gasteiger partial charge in [0.15, 0.2) is 0 Å². The number of benzene rings is 2. The van der Waals surface area contributed by atoms with Gasteiger partial charge < -0.3 is 15.2 Å². The molecule has 0 saturated carbocycles. The predicted molar refractivity (Wildman–Crippen MR) is 88.2 cm³/mol. The lowest BCUT2D eigenvalue weighted by Gasteiger charge is -2.38. The lowest BCUT2D eigenvalue weighted by Crippen LogP contribution is -2.56. The lowest BCUT2D eigenvalue weighted by atomic mass is 9.88. The van der Waals surface area contributed by atoms with Crippen LogP contribution in [0.1, 0.15) is 11.1 Å². The van der Waals surface area contributed by atoms with Crippen molar-refractivity contribution in [3.8, 4) is 0 Å². The Morgan fingerprint density at radius 1 is 1.14 bits per heavy atom. The largest absolute Gasteiger partial charge is 0.463 e. The Kier molecular flexibility index (Phi) is 6.12. The third-order valence-corrected chi connectivity index (χ3v) is 3.91. The lowest BCUT2D eigenvalue weighted by molar-refractivity contribution is -0.129. The molecule has 4 nitrogen and oxygen atoms in total. The summed E-state index contributed by atoms with van der Waals surface area (Å²) in [6.45, 7) is 2.14. The number of aliphatic hydroxyl groups is 1. The number of β-amino-alcohol motifs (C(OH)–C–C–N with tert-alkyl or cyclic N) is 1. The normalized spacial score (nSPS) is 15.0. The van der Waals surface area contributed by atoms with Gasteiger partial charge in [-0.05, 0) is 23.3 Å². The van der Waals surface area contributed by atoms with E-state index in [1.54, 1.807) is 0 Å². The van der Waals surface area contributed by atoms with Gasteiger partial charge in [0, 0.05) is 17.6 Å². The first-order valence-electron chi connectivity index (χ1n) is 6.92. The molecule has 22 heavy (non-hydrogen) atoms. The van der Waals surface area contributed by atoms with Gasteiger partial charge in [0.1, 0.15) is 12.2 Å². The van der Waals surface area contributed by atoms with Gasteiger partial charge in [-0.3, -0.25) is 4.79 Å². The molecule has 116 valence electrons. The van der Waals surface area contributed by atoms with Crippen molar-refractivity contribution < 1.29 is 14.6 Å². The number of carbonyl (C=O) groups is 1. The summed E-state index contributed by atoms with van der Waals surface area (Å²) in [5.41, 5.74) is 1.37. The molecule has 2 N–H and O–H groups in total. The molecule has 0 unspecified atom stereocenters. The highest BCUT2D eigenvalue weighted by molar-refractivity contribution is 9.10. The van der Waals surface area contributed by atoms with Gasteiger partial charge in [0.05, 0.1) is 0 Å². The number of hydrogen-bond acceptors (Lipinski definition) is 4. The van der Waals surface area contributed by atoms with Crippen molar-refractivity contribution in [2.75, 3.05) is 13.1 Å². The summed E-state index contributed by atoms with van der Waals surface area (Å²) >= 11 is 3.35. The van der Waals surface area contributed by atoms with Crippen LogP contribution in [0.5, 0.6) is 0 Å². The summed E-state index contributed by atoms with van der Waals surface area (Å²) in [6.07, 6.45) is 0. The molecule has 2 aromatic rings. The Balaban J connectivity index is 0.000000164. The van der Waals surface area contributed by atoms with Crippen LogP contribution in [0.3, 0.4) is 0 Å². The highest BCUT2D eigenvalue weighted by Crippen LogP contribution is 2.26. The standard InChI is InChI=1S/C9H10BrNO.C8H8O2/c10-8-3-1-7(2-4-8)9(12)5-11-6-9;9-7-10-6-8-4-2-1-3-5-8/h1-4,11-12H,5-6H2;1-5,7H,6H2. The van der Waals surface area contributed by atoms with E-state index in [4.69, 9.17) is 0 Å². The van der Waals surface area contributed by atoms with Gasteiger partial charge in [-0.2, -0.15) is 0 Å². The SMILES string of the molecule is O=COCc1ccccc1.OC1(c2ccc(Br)cc2)CNC1. The van der Waals surface area contributed by atoms with Gasteiger partial charge >= 0.3 is 0 Å². The monoisotopic (exact) mass is 363 g/mol. The van der Waals surface area contributed by atoms with Crippen LogP contribution in [0.25, 0.3) is 0 Å². The van der Waals surface area contributed by atoms with Gasteiger partial charge in [-0.15, -0.1) is 0 Å². The molecule has 3 rings (SSSR count). The van der Waals surface area contributed by atoms with Crippen molar-refractivity contribution in [3.05, 3.63) is 70.2 Å². The number of hydrogen-bond donors (Lipinski definition) is 2. The molecule has 1 fully saturated rings. The van der Waals surface area contributed by atoms with E-state index < -0.39 is 5.60 Å². The fourth-order valence-electron chi connectivity index (χ4n) is 2.03. The smallest absolute Gasteiger partial charge is 0.293 e. The predicted octanol–water partition coefficient (Wildman–Crippen LogP) is 2.60. The quantitative estimate of drug-likeness (QED) is 0.819. The Bertz CT molecular complexity index is 583. The zero-order valence-electron chi connectivity index (χ0n) is 12.0. The van der Waals surface area contributed by atoms with Crippen LogP contribution in [-0.2, 0) is 21.7 Å². The van der Waals surface area contributed by atoms with E-state index in [1.165, 1.54) is 0 Å². The maximum absolute atomic E-state index is 9.89. The number of ether oxygens (including phenoxy) is 1. The van der Waals surface area contributed by atoms with Crippen molar-refractivity contribution >= 4 is 22.4 Å². The Hall–Kier alpha value is -1.69. The van der Waals surface area contributed by atoms with Crippen LogP contribution in [0.2, 0.25) is 0 Å². The summed E-state index contributed by atoms with van der Waals surface area (Å²) in [5, 5.41) is 12.9. The van der Waals surface area contributed by atoms with Crippen molar-refractivity contribution in [2.45, 2.75) is 12.2 Å². The summed E-state index contributed by atoms with van der Waals surface area (Å²) in [5.74, 6) is 0. The molecule has 0 spiro atoms. The van der Waals surface area contributed by atoms with Crippen LogP contribution >= 0.6 is 15.9 Å². The van der Waals surface area contributed by atoms with Crippen molar-refractivity contribution in [1.29, 1.82) is 0 Å². The Morgan fingerprint density at radius 2 is 1.77 bits per heavy atom. The maximum Gasteiger partial charge on any atom is 0.293 e. The highest BCUT2D eigenvalue weighted by atomic mass is 79.9. The van der Waals surface area contributed by atoms with E-state index >= 15 is 0 Å². The van der Waals surface area contributed by atoms with E-state index in [-0.39, 0.29) is 0 Å². The molecule has 5 heteroatoms. The summed E-state index contributed by atoms with van der Waals surface area (Å²) in [6, 6.07) is 17.3. The molecular formula is C17H18BrNO3. The van der Waals surface area contributed by atoms with Crippen LogP contribution < -0.4 is 5.32 Å². The molecule has 1 saturated heterocycles. The first-order valence-corrected chi connectivity index (χ1v) is 7.72. The van der Waals surface area contributed by atoms with Crippen molar-refractivity contribution in [1.82, 2.24) is 5.32 Å². The van der Waals surface area contributed by atoms with Gasteiger partial charge in [0.2, 0.25) is 0 Å². The maximum atomic E-state index is 9.89. The minimum absolute atomic E-state index is 0.365. The van der Waals surface area contributed by atoms with Gasteiger partial charge in [0.25, 0.3) is 6.47 Å². The average molecular weight is 364 g/mol. The van der Waals surface area contributed by atoms with Crippen LogP contribution in [0, 0.1) is 0 Å². The van der Waals surface area contributed by atoms with Crippen molar-refractivity contribution in [3.63, 3.8) is 0 Å². The molecule has 0 atom stereocenters. The topological polar surface area (TPSA) is 58.6 Å². The Morgan fingerprint density at radius 3 is 2.27 bits per heavy atom. The number of nitrogens with one attached hydrogen (secondary N) is 1. The molecule has 1 aliphatic rings.